The fraction of sp³-hybridized carbons (Fsp3) is 0.214. The van der Waals surface area contributed by atoms with E-state index in [9.17, 15) is 4.39 Å². The van der Waals surface area contributed by atoms with E-state index in [1.165, 1.54) is 18.2 Å². The van der Waals surface area contributed by atoms with Crippen molar-refractivity contribution in [3.05, 3.63) is 52.1 Å². The Morgan fingerprint density at radius 3 is 2.79 bits per heavy atom. The summed E-state index contributed by atoms with van der Waals surface area (Å²) in [5.41, 5.74) is 9.23. The number of nitrogens with zero attached hydrogens (tertiary/aromatic N) is 1. The van der Waals surface area contributed by atoms with Crippen LogP contribution in [0.25, 0.3) is 0 Å². The average Bonchev–Trinajstić information content (AvgIpc) is 2.39. The Hall–Kier alpha value is -1.81. The zero-order chi connectivity index (χ0) is 14.0. The highest BCUT2D eigenvalue weighted by molar-refractivity contribution is 6.30. The van der Waals surface area contributed by atoms with E-state index in [0.717, 1.165) is 16.8 Å². The maximum absolute atomic E-state index is 13.0. The van der Waals surface area contributed by atoms with Crippen LogP contribution in [0.1, 0.15) is 16.8 Å². The summed E-state index contributed by atoms with van der Waals surface area (Å²) >= 11 is 5.68. The first-order chi connectivity index (χ1) is 8.99. The van der Waals surface area contributed by atoms with Gasteiger partial charge in [-0.1, -0.05) is 11.6 Å². The lowest BCUT2D eigenvalue weighted by atomic mass is 10.1. The molecule has 0 bridgehead atoms. The first kappa shape index (κ1) is 13.6. The maximum Gasteiger partial charge on any atom is 0.142 e. The predicted molar refractivity (Wildman–Crippen MR) is 73.9 cm³/mol. The molecule has 0 atom stereocenters. The van der Waals surface area contributed by atoms with Gasteiger partial charge in [-0.2, -0.15) is 0 Å². The number of nitrogen functional groups attached to an aromatic ring is 1. The summed E-state index contributed by atoms with van der Waals surface area (Å²) in [6.45, 7) is 4.06. The topological polar surface area (TPSA) is 48.1 Å². The van der Waals surface area contributed by atoms with Crippen molar-refractivity contribution in [1.29, 1.82) is 0 Å². The van der Waals surface area contributed by atoms with Gasteiger partial charge in [0.25, 0.3) is 0 Å². The van der Waals surface area contributed by atoms with Gasteiger partial charge in [-0.05, 0) is 37.1 Å². The molecule has 1 aromatic heterocycles. The largest absolute Gasteiger partial charge is 0.487 e. The second-order valence-corrected chi connectivity index (χ2v) is 4.70. The van der Waals surface area contributed by atoms with E-state index >= 15 is 0 Å². The number of benzene rings is 1. The van der Waals surface area contributed by atoms with Crippen LogP contribution in [-0.2, 0) is 6.61 Å². The van der Waals surface area contributed by atoms with E-state index < -0.39 is 5.82 Å². The molecule has 0 spiro atoms. The molecule has 2 aromatic rings. The molecule has 0 aliphatic rings. The summed E-state index contributed by atoms with van der Waals surface area (Å²) in [5.74, 6) is 0.0228. The van der Waals surface area contributed by atoms with Crippen molar-refractivity contribution in [1.82, 2.24) is 4.98 Å². The molecule has 0 radical (unpaired) electrons. The zero-order valence-electron chi connectivity index (χ0n) is 10.7. The number of ether oxygens (including phenoxy) is 1. The molecule has 5 heteroatoms. The number of nitrogens with two attached hydrogens (primary N) is 1. The fourth-order valence-corrected chi connectivity index (χ4v) is 1.83. The molecule has 0 saturated heterocycles. The minimum atomic E-state index is -0.470. The Bertz CT molecular complexity index is 617. The Balaban J connectivity index is 2.14. The van der Waals surface area contributed by atoms with Gasteiger partial charge < -0.3 is 10.5 Å². The van der Waals surface area contributed by atoms with Gasteiger partial charge in [0.1, 0.15) is 18.2 Å². The third-order valence-electron chi connectivity index (χ3n) is 2.94. The van der Waals surface area contributed by atoms with Gasteiger partial charge >= 0.3 is 0 Å². The number of halogens is 2. The van der Waals surface area contributed by atoms with E-state index in [0.29, 0.717) is 11.4 Å². The van der Waals surface area contributed by atoms with Gasteiger partial charge in [0.15, 0.2) is 0 Å². The van der Waals surface area contributed by atoms with Crippen LogP contribution in [0, 0.1) is 19.7 Å². The smallest absolute Gasteiger partial charge is 0.142 e. The third kappa shape index (κ3) is 2.96. The van der Waals surface area contributed by atoms with Crippen LogP contribution < -0.4 is 10.5 Å². The van der Waals surface area contributed by atoms with Crippen molar-refractivity contribution in [2.45, 2.75) is 20.5 Å². The van der Waals surface area contributed by atoms with Gasteiger partial charge in [0.05, 0.1) is 10.7 Å². The molecule has 0 unspecified atom stereocenters. The van der Waals surface area contributed by atoms with E-state index in [-0.39, 0.29) is 11.6 Å². The summed E-state index contributed by atoms with van der Waals surface area (Å²) in [4.78, 5) is 4.28. The molecule has 100 valence electrons. The Kier molecular flexibility index (Phi) is 3.90. The molecule has 3 nitrogen and oxygen atoms in total. The number of anilines is 1. The lowest BCUT2D eigenvalue weighted by Gasteiger charge is -2.11. The van der Waals surface area contributed by atoms with Crippen LogP contribution in [0.2, 0.25) is 5.02 Å². The van der Waals surface area contributed by atoms with Crippen molar-refractivity contribution < 1.29 is 9.13 Å². The monoisotopic (exact) mass is 280 g/mol. The number of aryl methyl sites for hydroxylation is 1. The molecule has 0 saturated carbocycles. The first-order valence-electron chi connectivity index (χ1n) is 5.77. The fourth-order valence-electron chi connectivity index (χ4n) is 1.66. The summed E-state index contributed by atoms with van der Waals surface area (Å²) in [6, 6.07) is 4.22. The normalized spacial score (nSPS) is 10.5. The van der Waals surface area contributed by atoms with Crippen LogP contribution in [0.3, 0.4) is 0 Å². The van der Waals surface area contributed by atoms with Crippen LogP contribution >= 0.6 is 11.6 Å². The molecule has 0 amide bonds. The number of pyridine rings is 1. The number of hydrogen-bond donors (Lipinski definition) is 1. The summed E-state index contributed by atoms with van der Waals surface area (Å²) in [5, 5.41) is 0.0330. The van der Waals surface area contributed by atoms with Crippen molar-refractivity contribution >= 4 is 17.3 Å². The quantitative estimate of drug-likeness (QED) is 0.933. The van der Waals surface area contributed by atoms with E-state index in [1.54, 1.807) is 6.20 Å². The van der Waals surface area contributed by atoms with Crippen LogP contribution in [0.5, 0.6) is 5.75 Å². The highest BCUT2D eigenvalue weighted by Gasteiger charge is 2.08. The number of aromatic nitrogens is 1. The molecule has 2 N–H and O–H groups in total. The SMILES string of the molecule is Cc1cnc(COc2ccc(F)c(Cl)c2)c(C)c1N. The molecule has 1 heterocycles. The summed E-state index contributed by atoms with van der Waals surface area (Å²) in [7, 11) is 0. The van der Waals surface area contributed by atoms with Gasteiger partial charge in [0.2, 0.25) is 0 Å². The minimum absolute atomic E-state index is 0.0330. The van der Waals surface area contributed by atoms with Gasteiger partial charge in [-0.3, -0.25) is 4.98 Å². The Morgan fingerprint density at radius 1 is 1.37 bits per heavy atom. The second-order valence-electron chi connectivity index (χ2n) is 4.29. The molecule has 1 aromatic carbocycles. The summed E-state index contributed by atoms with van der Waals surface area (Å²) in [6.07, 6.45) is 1.71. The first-order valence-corrected chi connectivity index (χ1v) is 6.15. The van der Waals surface area contributed by atoms with Crippen molar-refractivity contribution in [3.8, 4) is 5.75 Å². The van der Waals surface area contributed by atoms with Gasteiger partial charge in [-0.25, -0.2) is 4.39 Å². The summed E-state index contributed by atoms with van der Waals surface area (Å²) < 4.78 is 18.5. The van der Waals surface area contributed by atoms with Crippen LogP contribution in [-0.4, -0.2) is 4.98 Å². The second kappa shape index (κ2) is 5.45. The third-order valence-corrected chi connectivity index (χ3v) is 3.23. The van der Waals surface area contributed by atoms with E-state index in [1.807, 2.05) is 13.8 Å². The highest BCUT2D eigenvalue weighted by atomic mass is 35.5. The van der Waals surface area contributed by atoms with E-state index in [2.05, 4.69) is 4.98 Å². The molecule has 2 rings (SSSR count). The molecule has 0 aliphatic heterocycles. The minimum Gasteiger partial charge on any atom is -0.487 e. The Labute approximate surface area is 116 Å². The standard InChI is InChI=1S/C14H14ClFN2O/c1-8-6-18-13(9(2)14(8)17)7-19-10-3-4-12(16)11(15)5-10/h3-6H,7H2,1-2H3,(H2,17,18). The molecular weight excluding hydrogens is 267 g/mol. The van der Waals surface area contributed by atoms with Crippen molar-refractivity contribution in [2.24, 2.45) is 0 Å². The predicted octanol–water partition coefficient (Wildman–Crippen LogP) is 3.65. The lowest BCUT2D eigenvalue weighted by Crippen LogP contribution is -2.05. The molecule has 0 fully saturated rings. The lowest BCUT2D eigenvalue weighted by molar-refractivity contribution is 0.300. The van der Waals surface area contributed by atoms with Crippen LogP contribution in [0.4, 0.5) is 10.1 Å². The van der Waals surface area contributed by atoms with Crippen molar-refractivity contribution in [2.75, 3.05) is 5.73 Å². The number of rotatable bonds is 3. The highest BCUT2D eigenvalue weighted by Crippen LogP contribution is 2.23. The zero-order valence-corrected chi connectivity index (χ0v) is 11.5. The molecular formula is C14H14ClFN2O. The number of hydrogen-bond acceptors (Lipinski definition) is 3. The van der Waals surface area contributed by atoms with Crippen LogP contribution in [0.15, 0.2) is 24.4 Å². The van der Waals surface area contributed by atoms with Crippen molar-refractivity contribution in [3.63, 3.8) is 0 Å². The van der Waals surface area contributed by atoms with Gasteiger partial charge in [0, 0.05) is 18.0 Å². The van der Waals surface area contributed by atoms with E-state index in [4.69, 9.17) is 22.1 Å². The Morgan fingerprint density at radius 2 is 2.11 bits per heavy atom. The molecule has 0 aliphatic carbocycles. The van der Waals surface area contributed by atoms with Gasteiger partial charge in [-0.15, -0.1) is 0 Å². The molecule has 19 heavy (non-hydrogen) atoms. The average molecular weight is 281 g/mol. The maximum atomic E-state index is 13.0.